The van der Waals surface area contributed by atoms with Crippen molar-refractivity contribution < 1.29 is 9.47 Å². The molecule has 0 aromatic heterocycles. The standard InChI is InChI=1S/C18H30N4O2.HI/c1-5-22-11-7-9-15(22)13-21-18(19-2)20-12-14-8-6-10-16(23-3)17(14)24-4;/h6,8,10,15H,5,7,9,11-13H2,1-4H3,(H2,19,20,21);1H. The summed E-state index contributed by atoms with van der Waals surface area (Å²) in [7, 11) is 5.11. The molecule has 0 spiro atoms. The predicted octanol–water partition coefficient (Wildman–Crippen LogP) is 2.47. The van der Waals surface area contributed by atoms with Gasteiger partial charge in [-0.2, -0.15) is 0 Å². The number of halogens is 1. The van der Waals surface area contributed by atoms with Crippen LogP contribution in [-0.2, 0) is 6.54 Å². The SMILES string of the molecule is CCN1CCCC1CNC(=NC)NCc1cccc(OC)c1OC.I. The topological polar surface area (TPSA) is 58.1 Å². The van der Waals surface area contributed by atoms with Gasteiger partial charge >= 0.3 is 0 Å². The van der Waals surface area contributed by atoms with Gasteiger partial charge in [0.2, 0.25) is 0 Å². The molecule has 0 bridgehead atoms. The van der Waals surface area contributed by atoms with E-state index in [-0.39, 0.29) is 24.0 Å². The number of hydrogen-bond donors (Lipinski definition) is 2. The molecule has 1 unspecified atom stereocenters. The van der Waals surface area contributed by atoms with Crippen LogP contribution in [0.15, 0.2) is 23.2 Å². The number of hydrogen-bond acceptors (Lipinski definition) is 4. The molecule has 2 rings (SSSR count). The van der Waals surface area contributed by atoms with Crippen molar-refractivity contribution in [2.75, 3.05) is 40.9 Å². The van der Waals surface area contributed by atoms with Crippen LogP contribution >= 0.6 is 24.0 Å². The lowest BCUT2D eigenvalue weighted by Gasteiger charge is -2.24. The third-order valence-electron chi connectivity index (χ3n) is 4.56. The summed E-state index contributed by atoms with van der Waals surface area (Å²) in [5, 5.41) is 6.79. The molecule has 1 aliphatic heterocycles. The Hall–Kier alpha value is -1.22. The Morgan fingerprint density at radius 1 is 1.28 bits per heavy atom. The van der Waals surface area contributed by atoms with Crippen molar-refractivity contribution in [3.63, 3.8) is 0 Å². The van der Waals surface area contributed by atoms with E-state index in [1.165, 1.54) is 19.4 Å². The number of likely N-dealkylation sites (tertiary alicyclic amines) is 1. The van der Waals surface area contributed by atoms with Crippen molar-refractivity contribution in [2.45, 2.75) is 32.4 Å². The van der Waals surface area contributed by atoms with Crippen LogP contribution in [0.5, 0.6) is 11.5 Å². The van der Waals surface area contributed by atoms with Crippen LogP contribution in [0, 0.1) is 0 Å². The lowest BCUT2D eigenvalue weighted by Crippen LogP contribution is -2.44. The predicted molar refractivity (Wildman–Crippen MR) is 113 cm³/mol. The summed E-state index contributed by atoms with van der Waals surface area (Å²) in [6.45, 7) is 6.08. The Labute approximate surface area is 168 Å². The average Bonchev–Trinajstić information content (AvgIpc) is 3.08. The smallest absolute Gasteiger partial charge is 0.191 e. The van der Waals surface area contributed by atoms with E-state index in [2.05, 4.69) is 27.4 Å². The van der Waals surface area contributed by atoms with Gasteiger partial charge in [0.05, 0.1) is 14.2 Å². The quantitative estimate of drug-likeness (QED) is 0.371. The minimum atomic E-state index is 0. The molecule has 0 saturated carbocycles. The fourth-order valence-corrected chi connectivity index (χ4v) is 3.25. The Kier molecular flexibility index (Phi) is 9.96. The fourth-order valence-electron chi connectivity index (χ4n) is 3.25. The second-order valence-electron chi connectivity index (χ2n) is 5.88. The Balaban J connectivity index is 0.00000312. The van der Waals surface area contributed by atoms with Gasteiger partial charge in [-0.15, -0.1) is 24.0 Å². The summed E-state index contributed by atoms with van der Waals surface area (Å²) >= 11 is 0. The summed E-state index contributed by atoms with van der Waals surface area (Å²) < 4.78 is 10.8. The van der Waals surface area contributed by atoms with Crippen LogP contribution < -0.4 is 20.1 Å². The third kappa shape index (κ3) is 5.91. The molecule has 1 atom stereocenters. The molecular weight excluding hydrogens is 431 g/mol. The van der Waals surface area contributed by atoms with Gasteiger partial charge in [-0.3, -0.25) is 9.89 Å². The molecule has 142 valence electrons. The van der Waals surface area contributed by atoms with Crippen molar-refractivity contribution in [2.24, 2.45) is 4.99 Å². The molecule has 0 amide bonds. The van der Waals surface area contributed by atoms with Crippen molar-refractivity contribution in [1.29, 1.82) is 0 Å². The average molecular weight is 462 g/mol. The van der Waals surface area contributed by atoms with E-state index in [1.807, 2.05) is 18.2 Å². The number of benzene rings is 1. The first-order valence-electron chi connectivity index (χ1n) is 8.61. The maximum atomic E-state index is 5.47. The first-order valence-corrected chi connectivity index (χ1v) is 8.61. The second kappa shape index (κ2) is 11.4. The third-order valence-corrected chi connectivity index (χ3v) is 4.56. The molecule has 7 heteroatoms. The largest absolute Gasteiger partial charge is 0.493 e. The summed E-state index contributed by atoms with van der Waals surface area (Å²) in [6, 6.07) is 6.48. The van der Waals surface area contributed by atoms with Gasteiger partial charge in [-0.25, -0.2) is 0 Å². The zero-order valence-corrected chi connectivity index (χ0v) is 18.0. The van der Waals surface area contributed by atoms with Gasteiger partial charge in [0.25, 0.3) is 0 Å². The molecule has 1 aliphatic rings. The minimum Gasteiger partial charge on any atom is -0.493 e. The van der Waals surface area contributed by atoms with Crippen molar-refractivity contribution >= 4 is 29.9 Å². The molecule has 1 heterocycles. The zero-order chi connectivity index (χ0) is 17.4. The van der Waals surface area contributed by atoms with Crippen molar-refractivity contribution in [3.8, 4) is 11.5 Å². The minimum absolute atomic E-state index is 0. The molecule has 1 fully saturated rings. The second-order valence-corrected chi connectivity index (χ2v) is 5.88. The number of nitrogens with zero attached hydrogens (tertiary/aromatic N) is 2. The first kappa shape index (κ1) is 21.8. The van der Waals surface area contributed by atoms with Gasteiger partial charge in [0.15, 0.2) is 17.5 Å². The molecule has 1 saturated heterocycles. The maximum absolute atomic E-state index is 5.47. The Bertz CT molecular complexity index is 554. The number of nitrogens with one attached hydrogen (secondary N) is 2. The fraction of sp³-hybridized carbons (Fsp3) is 0.611. The lowest BCUT2D eigenvalue weighted by molar-refractivity contribution is 0.267. The molecule has 25 heavy (non-hydrogen) atoms. The van der Waals surface area contributed by atoms with Gasteiger partial charge in [-0.1, -0.05) is 19.1 Å². The van der Waals surface area contributed by atoms with Crippen LogP contribution in [-0.4, -0.2) is 57.8 Å². The number of aliphatic imine (C=N–C) groups is 1. The molecule has 2 N–H and O–H groups in total. The monoisotopic (exact) mass is 462 g/mol. The molecule has 0 aliphatic carbocycles. The number of ether oxygens (including phenoxy) is 2. The molecule has 1 aromatic rings. The van der Waals surface area contributed by atoms with Crippen molar-refractivity contribution in [1.82, 2.24) is 15.5 Å². The van der Waals surface area contributed by atoms with E-state index in [1.54, 1.807) is 21.3 Å². The number of methoxy groups -OCH3 is 2. The first-order chi connectivity index (χ1) is 11.7. The van der Waals surface area contributed by atoms with Gasteiger partial charge in [0, 0.05) is 31.7 Å². The van der Waals surface area contributed by atoms with Crippen LogP contribution in [0.1, 0.15) is 25.3 Å². The molecule has 6 nitrogen and oxygen atoms in total. The normalized spacial score (nSPS) is 17.8. The van der Waals surface area contributed by atoms with E-state index in [0.717, 1.165) is 36.1 Å². The molecular formula is C18H31IN4O2. The number of rotatable bonds is 7. The van der Waals surface area contributed by atoms with Crippen LogP contribution in [0.3, 0.4) is 0 Å². The Morgan fingerprint density at radius 2 is 2.08 bits per heavy atom. The van der Waals surface area contributed by atoms with E-state index in [4.69, 9.17) is 9.47 Å². The molecule has 1 aromatic carbocycles. The molecule has 0 radical (unpaired) electrons. The van der Waals surface area contributed by atoms with Crippen LogP contribution in [0.2, 0.25) is 0 Å². The van der Waals surface area contributed by atoms with E-state index in [9.17, 15) is 0 Å². The van der Waals surface area contributed by atoms with E-state index < -0.39 is 0 Å². The number of para-hydroxylation sites is 1. The van der Waals surface area contributed by atoms with Gasteiger partial charge in [-0.05, 0) is 32.0 Å². The summed E-state index contributed by atoms with van der Waals surface area (Å²) in [4.78, 5) is 6.84. The van der Waals surface area contributed by atoms with E-state index >= 15 is 0 Å². The lowest BCUT2D eigenvalue weighted by atomic mass is 10.2. The highest BCUT2D eigenvalue weighted by Gasteiger charge is 2.22. The number of guanidine groups is 1. The highest BCUT2D eigenvalue weighted by Crippen LogP contribution is 2.30. The summed E-state index contributed by atoms with van der Waals surface area (Å²) in [5.41, 5.74) is 1.04. The number of likely N-dealkylation sites (N-methyl/N-ethyl adjacent to an activating group) is 1. The highest BCUT2D eigenvalue weighted by atomic mass is 127. The van der Waals surface area contributed by atoms with Gasteiger partial charge < -0.3 is 20.1 Å². The van der Waals surface area contributed by atoms with Gasteiger partial charge in [0.1, 0.15) is 0 Å². The van der Waals surface area contributed by atoms with Crippen molar-refractivity contribution in [3.05, 3.63) is 23.8 Å². The van der Waals surface area contributed by atoms with Crippen LogP contribution in [0.4, 0.5) is 0 Å². The highest BCUT2D eigenvalue weighted by molar-refractivity contribution is 14.0. The summed E-state index contributed by atoms with van der Waals surface area (Å²) in [5.74, 6) is 2.31. The zero-order valence-electron chi connectivity index (χ0n) is 15.7. The van der Waals surface area contributed by atoms with Crippen LogP contribution in [0.25, 0.3) is 0 Å². The Morgan fingerprint density at radius 3 is 2.72 bits per heavy atom. The van der Waals surface area contributed by atoms with E-state index in [0.29, 0.717) is 12.6 Å². The maximum Gasteiger partial charge on any atom is 0.191 e. The summed E-state index contributed by atoms with van der Waals surface area (Å²) in [6.07, 6.45) is 2.54.